The minimum absolute atomic E-state index is 0.00568. The van der Waals surface area contributed by atoms with Gasteiger partial charge in [0.15, 0.2) is 4.34 Å². The molecule has 0 aliphatic rings. The van der Waals surface area contributed by atoms with Crippen LogP contribution in [0.1, 0.15) is 11.1 Å². The highest BCUT2D eigenvalue weighted by Gasteiger charge is 2.10. The summed E-state index contributed by atoms with van der Waals surface area (Å²) < 4.78 is 0.908. The monoisotopic (exact) mass is 354 g/mol. The summed E-state index contributed by atoms with van der Waals surface area (Å²) in [7, 11) is 0. The van der Waals surface area contributed by atoms with Crippen molar-refractivity contribution >= 4 is 34.7 Å². The first-order valence-corrected chi connectivity index (χ1v) is 9.50. The molecule has 0 bridgehead atoms. The van der Waals surface area contributed by atoms with Crippen LogP contribution >= 0.6 is 23.1 Å². The fourth-order valence-corrected chi connectivity index (χ4v) is 4.01. The quantitative estimate of drug-likeness (QED) is 0.644. The summed E-state index contributed by atoms with van der Waals surface area (Å²) >= 11 is 3.04. The molecule has 0 saturated heterocycles. The number of thioether (sulfide) groups is 1. The second-order valence-electron chi connectivity index (χ2n) is 5.47. The molecule has 3 aromatic rings. The van der Waals surface area contributed by atoms with Crippen molar-refractivity contribution in [2.24, 2.45) is 0 Å². The number of benzene rings is 2. The van der Waals surface area contributed by atoms with E-state index in [9.17, 15) is 4.79 Å². The molecule has 0 radical (unpaired) electrons. The molecule has 3 nitrogen and oxygen atoms in total. The van der Waals surface area contributed by atoms with Crippen LogP contribution in [0.3, 0.4) is 0 Å². The van der Waals surface area contributed by atoms with Crippen LogP contribution < -0.4 is 5.32 Å². The molecule has 5 heteroatoms. The van der Waals surface area contributed by atoms with Crippen LogP contribution in [0, 0.1) is 13.8 Å². The van der Waals surface area contributed by atoms with Crippen LogP contribution in [0.25, 0.3) is 11.3 Å². The predicted molar refractivity (Wildman–Crippen MR) is 103 cm³/mol. The minimum atomic E-state index is -0.00568. The van der Waals surface area contributed by atoms with E-state index in [-0.39, 0.29) is 5.91 Å². The highest BCUT2D eigenvalue weighted by molar-refractivity contribution is 8.01. The molecule has 0 saturated carbocycles. The van der Waals surface area contributed by atoms with E-state index >= 15 is 0 Å². The Morgan fingerprint density at radius 3 is 2.50 bits per heavy atom. The Bertz CT molecular complexity index is 823. The minimum Gasteiger partial charge on any atom is -0.325 e. The van der Waals surface area contributed by atoms with Gasteiger partial charge in [-0.1, -0.05) is 60.3 Å². The molecule has 1 aromatic heterocycles. The fraction of sp³-hybridized carbons (Fsp3) is 0.158. The van der Waals surface area contributed by atoms with E-state index in [0.717, 1.165) is 32.4 Å². The van der Waals surface area contributed by atoms with E-state index in [0.29, 0.717) is 5.75 Å². The maximum Gasteiger partial charge on any atom is 0.234 e. The smallest absolute Gasteiger partial charge is 0.234 e. The van der Waals surface area contributed by atoms with Crippen molar-refractivity contribution in [1.29, 1.82) is 0 Å². The summed E-state index contributed by atoms with van der Waals surface area (Å²) in [6.07, 6.45) is 0. The third-order valence-corrected chi connectivity index (χ3v) is 5.65. The number of para-hydroxylation sites is 1. The molecule has 0 fully saturated rings. The maximum absolute atomic E-state index is 12.2. The second kappa shape index (κ2) is 7.64. The van der Waals surface area contributed by atoms with Crippen molar-refractivity contribution < 1.29 is 4.79 Å². The lowest BCUT2D eigenvalue weighted by molar-refractivity contribution is -0.113. The molecule has 0 unspecified atom stereocenters. The Balaban J connectivity index is 1.60. The van der Waals surface area contributed by atoms with Gasteiger partial charge in [0.25, 0.3) is 0 Å². The summed E-state index contributed by atoms with van der Waals surface area (Å²) in [5, 5.41) is 5.03. The zero-order valence-corrected chi connectivity index (χ0v) is 15.2. The van der Waals surface area contributed by atoms with E-state index in [4.69, 9.17) is 0 Å². The zero-order chi connectivity index (χ0) is 16.9. The highest BCUT2D eigenvalue weighted by Crippen LogP contribution is 2.28. The van der Waals surface area contributed by atoms with Crippen molar-refractivity contribution in [2.75, 3.05) is 11.1 Å². The van der Waals surface area contributed by atoms with Gasteiger partial charge in [-0.15, -0.1) is 11.3 Å². The van der Waals surface area contributed by atoms with Gasteiger partial charge in [-0.25, -0.2) is 4.98 Å². The molecule has 2 aromatic carbocycles. The fourth-order valence-electron chi connectivity index (χ4n) is 2.38. The molecule has 1 N–H and O–H groups in total. The molecule has 24 heavy (non-hydrogen) atoms. The lowest BCUT2D eigenvalue weighted by Gasteiger charge is -2.10. The Morgan fingerprint density at radius 1 is 1.08 bits per heavy atom. The van der Waals surface area contributed by atoms with Crippen molar-refractivity contribution in [1.82, 2.24) is 4.98 Å². The summed E-state index contributed by atoms with van der Waals surface area (Å²) in [4.78, 5) is 16.8. The van der Waals surface area contributed by atoms with E-state index < -0.39 is 0 Å². The van der Waals surface area contributed by atoms with E-state index in [1.807, 2.05) is 67.8 Å². The van der Waals surface area contributed by atoms with Gasteiger partial charge < -0.3 is 5.32 Å². The van der Waals surface area contributed by atoms with Gasteiger partial charge in [-0.2, -0.15) is 0 Å². The third kappa shape index (κ3) is 4.04. The third-order valence-electron chi connectivity index (χ3n) is 3.62. The van der Waals surface area contributed by atoms with E-state index in [1.165, 1.54) is 11.8 Å². The number of aromatic nitrogens is 1. The number of amides is 1. The first-order chi connectivity index (χ1) is 11.6. The van der Waals surface area contributed by atoms with Gasteiger partial charge in [0, 0.05) is 16.6 Å². The topological polar surface area (TPSA) is 42.0 Å². The molecule has 3 rings (SSSR count). The second-order valence-corrected chi connectivity index (χ2v) is 7.55. The lowest BCUT2D eigenvalue weighted by Crippen LogP contribution is -2.15. The maximum atomic E-state index is 12.2. The molecule has 0 aliphatic heterocycles. The van der Waals surface area contributed by atoms with Crippen LogP contribution in [-0.4, -0.2) is 16.6 Å². The van der Waals surface area contributed by atoms with Gasteiger partial charge in [-0.3, -0.25) is 4.79 Å². The van der Waals surface area contributed by atoms with Crippen molar-refractivity contribution in [2.45, 2.75) is 18.2 Å². The number of hydrogen-bond acceptors (Lipinski definition) is 4. The highest BCUT2D eigenvalue weighted by atomic mass is 32.2. The number of rotatable bonds is 5. The van der Waals surface area contributed by atoms with Gasteiger partial charge >= 0.3 is 0 Å². The molecule has 0 aliphatic carbocycles. The number of thiazole rings is 1. The van der Waals surface area contributed by atoms with Gasteiger partial charge in [-0.05, 0) is 25.0 Å². The molecular formula is C19H18N2OS2. The number of carbonyl (C=O) groups is 1. The van der Waals surface area contributed by atoms with Crippen LogP contribution in [0.2, 0.25) is 0 Å². The number of nitrogens with zero attached hydrogens (tertiary/aromatic N) is 1. The number of hydrogen-bond donors (Lipinski definition) is 1. The Kier molecular flexibility index (Phi) is 5.33. The van der Waals surface area contributed by atoms with Crippen LogP contribution in [-0.2, 0) is 4.79 Å². The van der Waals surface area contributed by atoms with E-state index in [1.54, 1.807) is 11.3 Å². The molecule has 0 atom stereocenters. The molecular weight excluding hydrogens is 336 g/mol. The lowest BCUT2D eigenvalue weighted by atomic mass is 10.1. The average molecular weight is 354 g/mol. The number of aryl methyl sites for hydroxylation is 2. The van der Waals surface area contributed by atoms with E-state index in [2.05, 4.69) is 10.3 Å². The van der Waals surface area contributed by atoms with Crippen LogP contribution in [0.15, 0.2) is 58.3 Å². The summed E-state index contributed by atoms with van der Waals surface area (Å²) in [6.45, 7) is 4.01. The Labute approximate surface area is 150 Å². The molecule has 0 spiro atoms. The van der Waals surface area contributed by atoms with Gasteiger partial charge in [0.2, 0.25) is 5.91 Å². The number of carbonyl (C=O) groups excluding carboxylic acids is 1. The molecule has 1 amide bonds. The van der Waals surface area contributed by atoms with Crippen molar-refractivity contribution in [3.63, 3.8) is 0 Å². The summed E-state index contributed by atoms with van der Waals surface area (Å²) in [5.41, 5.74) is 5.12. The van der Waals surface area contributed by atoms with Crippen molar-refractivity contribution in [3.8, 4) is 11.3 Å². The Morgan fingerprint density at radius 2 is 1.79 bits per heavy atom. The SMILES string of the molecule is Cc1cccc(C)c1NC(=O)CSc1nc(-c2ccccc2)cs1. The van der Waals surface area contributed by atoms with Crippen LogP contribution in [0.4, 0.5) is 5.69 Å². The molecule has 122 valence electrons. The largest absolute Gasteiger partial charge is 0.325 e. The number of anilines is 1. The molecule has 1 heterocycles. The summed E-state index contributed by atoms with van der Waals surface area (Å²) in [6, 6.07) is 16.1. The first-order valence-electron chi connectivity index (χ1n) is 7.63. The van der Waals surface area contributed by atoms with Crippen LogP contribution in [0.5, 0.6) is 0 Å². The first kappa shape index (κ1) is 16.7. The standard InChI is InChI=1S/C19H18N2OS2/c1-13-7-6-8-14(2)18(13)21-17(22)12-24-19-20-16(11-23-19)15-9-4-3-5-10-15/h3-11H,12H2,1-2H3,(H,21,22). The normalized spacial score (nSPS) is 10.6. The Hall–Kier alpha value is -2.11. The zero-order valence-electron chi connectivity index (χ0n) is 13.6. The van der Waals surface area contributed by atoms with Crippen molar-refractivity contribution in [3.05, 3.63) is 65.0 Å². The van der Waals surface area contributed by atoms with Gasteiger partial charge in [0.05, 0.1) is 11.4 Å². The van der Waals surface area contributed by atoms with Gasteiger partial charge in [0.1, 0.15) is 0 Å². The summed E-state index contributed by atoms with van der Waals surface area (Å²) in [5.74, 6) is 0.351. The predicted octanol–water partition coefficient (Wildman–Crippen LogP) is 5.16. The number of nitrogens with one attached hydrogen (secondary N) is 1. The average Bonchev–Trinajstić information content (AvgIpc) is 3.06.